The molecule has 42 heavy (non-hydrogen) atoms. The minimum Gasteiger partial charge on any atom is -0.497 e. The van der Waals surface area contributed by atoms with Crippen molar-refractivity contribution in [2.45, 2.75) is 62.9 Å². The minimum absolute atomic E-state index is 0.0268. The second kappa shape index (κ2) is 10.3. The standard InChI is InChI=1S/C32H35N3O7/c1-18-6-3-4-9-22(18)34-30(37)28-32-13-12-24(42-32)26(29(36)33-20-7-5-8-21(15-20)39-2)27(32)31(38)35(28)16-19-10-11-23-25(14-19)41-17-40-23/h5,7-8,10-15,18,22,24,26-28H,3-4,6,9,16-17H2,1-2H3,(H,33,36)(H,34,37)/t18-,22+,24-,26+,27-,28-,32-/m1/s1. The fourth-order valence-electron chi connectivity index (χ4n) is 7.39. The van der Waals surface area contributed by atoms with Gasteiger partial charge in [0.25, 0.3) is 0 Å². The number of benzene rings is 2. The zero-order valence-electron chi connectivity index (χ0n) is 23.7. The van der Waals surface area contributed by atoms with Crippen molar-refractivity contribution in [3.05, 3.63) is 60.2 Å². The van der Waals surface area contributed by atoms with E-state index < -0.39 is 29.6 Å². The third kappa shape index (κ3) is 4.31. The van der Waals surface area contributed by atoms with Gasteiger partial charge in [-0.05, 0) is 48.6 Å². The van der Waals surface area contributed by atoms with Crippen LogP contribution < -0.4 is 24.8 Å². The van der Waals surface area contributed by atoms with E-state index in [0.717, 1.165) is 31.2 Å². The Kier molecular flexibility index (Phi) is 6.61. The van der Waals surface area contributed by atoms with Crippen molar-refractivity contribution in [1.82, 2.24) is 10.2 Å². The molecule has 2 N–H and O–H groups in total. The second-order valence-corrected chi connectivity index (χ2v) is 12.0. The Morgan fingerprint density at radius 2 is 1.90 bits per heavy atom. The number of carbonyl (C=O) groups is 3. The molecule has 7 rings (SSSR count). The summed E-state index contributed by atoms with van der Waals surface area (Å²) < 4.78 is 22.8. The molecule has 4 heterocycles. The van der Waals surface area contributed by atoms with Crippen LogP contribution in [0.3, 0.4) is 0 Å². The van der Waals surface area contributed by atoms with Crippen molar-refractivity contribution in [3.8, 4) is 17.2 Å². The van der Waals surface area contributed by atoms with Crippen molar-refractivity contribution < 1.29 is 33.3 Å². The van der Waals surface area contributed by atoms with Crippen molar-refractivity contribution in [2.24, 2.45) is 17.8 Å². The molecule has 2 aromatic rings. The summed E-state index contributed by atoms with van der Waals surface area (Å²) >= 11 is 0. The molecule has 3 amide bonds. The number of hydrogen-bond donors (Lipinski definition) is 2. The van der Waals surface area contributed by atoms with E-state index in [9.17, 15) is 14.4 Å². The van der Waals surface area contributed by atoms with Crippen LogP contribution in [0.25, 0.3) is 0 Å². The van der Waals surface area contributed by atoms with E-state index in [1.54, 1.807) is 36.3 Å². The number of carbonyl (C=O) groups excluding carboxylic acids is 3. The predicted molar refractivity (Wildman–Crippen MR) is 152 cm³/mol. The molecule has 10 heteroatoms. The molecule has 0 radical (unpaired) electrons. The fourth-order valence-corrected chi connectivity index (χ4v) is 7.39. The zero-order valence-corrected chi connectivity index (χ0v) is 23.7. The summed E-state index contributed by atoms with van der Waals surface area (Å²) in [6, 6.07) is 11.7. The van der Waals surface area contributed by atoms with Crippen molar-refractivity contribution in [3.63, 3.8) is 0 Å². The Bertz CT molecular complexity index is 1460. The summed E-state index contributed by atoms with van der Waals surface area (Å²) in [5.41, 5.74) is 0.114. The van der Waals surface area contributed by atoms with Gasteiger partial charge >= 0.3 is 0 Å². The lowest BCUT2D eigenvalue weighted by Crippen LogP contribution is -2.57. The number of methoxy groups -OCH3 is 1. The van der Waals surface area contributed by atoms with E-state index in [1.807, 2.05) is 30.4 Å². The Hall–Kier alpha value is -4.05. The second-order valence-electron chi connectivity index (χ2n) is 12.0. The van der Waals surface area contributed by atoms with Crippen LogP contribution in [0, 0.1) is 17.8 Å². The Labute approximate surface area is 244 Å². The summed E-state index contributed by atoms with van der Waals surface area (Å²) in [6.07, 6.45) is 7.21. The maximum absolute atomic E-state index is 14.3. The first-order valence-electron chi connectivity index (χ1n) is 14.7. The highest BCUT2D eigenvalue weighted by Crippen LogP contribution is 2.55. The van der Waals surface area contributed by atoms with Gasteiger partial charge in [-0.2, -0.15) is 0 Å². The van der Waals surface area contributed by atoms with Gasteiger partial charge in [0.2, 0.25) is 24.5 Å². The minimum atomic E-state index is -1.24. The average molecular weight is 574 g/mol. The fraction of sp³-hybridized carbons (Fsp3) is 0.469. The highest BCUT2D eigenvalue weighted by atomic mass is 16.7. The van der Waals surface area contributed by atoms with Gasteiger partial charge in [-0.25, -0.2) is 0 Å². The number of ether oxygens (including phenoxy) is 4. The molecular formula is C32H35N3O7. The molecule has 2 bridgehead atoms. The van der Waals surface area contributed by atoms with Crippen molar-refractivity contribution >= 4 is 23.4 Å². The molecule has 10 nitrogen and oxygen atoms in total. The van der Waals surface area contributed by atoms with E-state index in [2.05, 4.69) is 17.6 Å². The summed E-state index contributed by atoms with van der Waals surface area (Å²) in [5.74, 6) is -0.300. The largest absolute Gasteiger partial charge is 0.497 e. The molecule has 5 aliphatic rings. The first-order chi connectivity index (χ1) is 20.4. The Morgan fingerprint density at radius 3 is 2.74 bits per heavy atom. The van der Waals surface area contributed by atoms with Gasteiger partial charge < -0.3 is 34.5 Å². The number of nitrogens with zero attached hydrogens (tertiary/aromatic N) is 1. The van der Waals surface area contributed by atoms with Crippen LogP contribution in [0.15, 0.2) is 54.6 Å². The monoisotopic (exact) mass is 573 g/mol. The molecule has 0 unspecified atom stereocenters. The number of amides is 3. The molecule has 1 spiro atoms. The first-order valence-corrected chi connectivity index (χ1v) is 14.7. The molecular weight excluding hydrogens is 538 g/mol. The number of likely N-dealkylation sites (tertiary alicyclic amines) is 1. The highest BCUT2D eigenvalue weighted by Gasteiger charge is 2.72. The summed E-state index contributed by atoms with van der Waals surface area (Å²) in [7, 11) is 1.56. The van der Waals surface area contributed by atoms with Gasteiger partial charge in [-0.3, -0.25) is 14.4 Å². The number of fused-ring (bicyclic) bond motifs is 2. The van der Waals surface area contributed by atoms with Crippen LogP contribution in [-0.4, -0.2) is 60.3 Å². The molecule has 220 valence electrons. The lowest BCUT2D eigenvalue weighted by atomic mass is 9.74. The maximum atomic E-state index is 14.3. The molecule has 7 atom stereocenters. The third-order valence-electron chi connectivity index (χ3n) is 9.49. The predicted octanol–water partition coefficient (Wildman–Crippen LogP) is 3.41. The van der Waals surface area contributed by atoms with Crippen LogP contribution in [0.2, 0.25) is 0 Å². The smallest absolute Gasteiger partial charge is 0.246 e. The molecule has 1 aliphatic carbocycles. The summed E-state index contributed by atoms with van der Waals surface area (Å²) in [5, 5.41) is 6.22. The van der Waals surface area contributed by atoms with Crippen LogP contribution in [0.4, 0.5) is 5.69 Å². The zero-order chi connectivity index (χ0) is 29.0. The normalized spacial score (nSPS) is 32.1. The molecule has 1 saturated carbocycles. The van der Waals surface area contributed by atoms with Gasteiger partial charge in [-0.15, -0.1) is 0 Å². The van der Waals surface area contributed by atoms with Gasteiger partial charge in [0, 0.05) is 24.3 Å². The third-order valence-corrected chi connectivity index (χ3v) is 9.49. The highest BCUT2D eigenvalue weighted by molar-refractivity contribution is 6.02. The molecule has 2 saturated heterocycles. The maximum Gasteiger partial charge on any atom is 0.246 e. The van der Waals surface area contributed by atoms with E-state index in [0.29, 0.717) is 28.9 Å². The number of rotatable bonds is 7. The average Bonchev–Trinajstić information content (AvgIpc) is 3.75. The topological polar surface area (TPSA) is 115 Å². The number of nitrogens with one attached hydrogen (secondary N) is 2. The van der Waals surface area contributed by atoms with Gasteiger partial charge in [0.15, 0.2) is 11.5 Å². The number of anilines is 1. The Morgan fingerprint density at radius 1 is 1.07 bits per heavy atom. The summed E-state index contributed by atoms with van der Waals surface area (Å²) in [4.78, 5) is 43.8. The van der Waals surface area contributed by atoms with E-state index >= 15 is 0 Å². The van der Waals surface area contributed by atoms with E-state index in [1.165, 1.54) is 0 Å². The van der Waals surface area contributed by atoms with Crippen LogP contribution in [0.5, 0.6) is 17.2 Å². The SMILES string of the molecule is COc1cccc(NC(=O)[C@H]2[C@H]3C=C[C@@]4(O3)[C@H]2C(=O)N(Cc2ccc3c(c2)OCO3)[C@@H]4C(=O)N[C@H]2CCCC[C@H]2C)c1. The number of hydrogen-bond acceptors (Lipinski definition) is 7. The quantitative estimate of drug-likeness (QED) is 0.488. The van der Waals surface area contributed by atoms with Crippen LogP contribution >= 0.6 is 0 Å². The van der Waals surface area contributed by atoms with Gasteiger partial charge in [-0.1, -0.05) is 44.1 Å². The molecule has 2 aromatic carbocycles. The van der Waals surface area contributed by atoms with Gasteiger partial charge in [0.1, 0.15) is 17.4 Å². The first kappa shape index (κ1) is 26.8. The van der Waals surface area contributed by atoms with E-state index in [-0.39, 0.29) is 37.1 Å². The van der Waals surface area contributed by atoms with Gasteiger partial charge in [0.05, 0.1) is 25.0 Å². The van der Waals surface area contributed by atoms with E-state index in [4.69, 9.17) is 18.9 Å². The van der Waals surface area contributed by atoms with Crippen molar-refractivity contribution in [1.29, 1.82) is 0 Å². The molecule has 0 aromatic heterocycles. The lowest BCUT2D eigenvalue weighted by molar-refractivity contribution is -0.142. The molecule has 3 fully saturated rings. The van der Waals surface area contributed by atoms with Crippen molar-refractivity contribution in [2.75, 3.05) is 19.2 Å². The summed E-state index contributed by atoms with van der Waals surface area (Å²) in [6.45, 7) is 2.46. The Balaban J connectivity index is 1.21. The molecule has 4 aliphatic heterocycles. The lowest BCUT2D eigenvalue weighted by Gasteiger charge is -2.36. The van der Waals surface area contributed by atoms with Crippen LogP contribution in [-0.2, 0) is 25.7 Å². The van der Waals surface area contributed by atoms with Crippen LogP contribution in [0.1, 0.15) is 38.2 Å².